The highest BCUT2D eigenvalue weighted by atomic mass is 32.1. The average molecular weight is 390 g/mol. The van der Waals surface area contributed by atoms with Crippen LogP contribution in [-0.2, 0) is 0 Å². The second kappa shape index (κ2) is 8.24. The molecule has 1 amide bonds. The van der Waals surface area contributed by atoms with Gasteiger partial charge in [0.2, 0.25) is 0 Å². The zero-order chi connectivity index (χ0) is 19.4. The molecule has 0 saturated carbocycles. The van der Waals surface area contributed by atoms with E-state index in [0.717, 1.165) is 17.7 Å². The van der Waals surface area contributed by atoms with Gasteiger partial charge < -0.3 is 15.2 Å². The molecule has 5 nitrogen and oxygen atoms in total. The lowest BCUT2D eigenvalue weighted by Gasteiger charge is -2.10. The predicted octanol–water partition coefficient (Wildman–Crippen LogP) is 4.02. The van der Waals surface area contributed by atoms with Crippen LogP contribution in [0.5, 0.6) is 5.75 Å². The number of nitrogens with one attached hydrogen (secondary N) is 1. The summed E-state index contributed by atoms with van der Waals surface area (Å²) in [4.78, 5) is 16.6. The molecule has 0 radical (unpaired) electrons. The number of hydrogen-bond acceptors (Lipinski definition) is 5. The molecule has 2 N–H and O–H groups in total. The molecule has 1 heterocycles. The summed E-state index contributed by atoms with van der Waals surface area (Å²) < 4.78 is 31.8. The lowest BCUT2D eigenvalue weighted by Crippen LogP contribution is -2.12. The molecule has 0 fully saturated rings. The summed E-state index contributed by atoms with van der Waals surface area (Å²) in [6.45, 7) is 1.94. The van der Waals surface area contributed by atoms with E-state index in [0.29, 0.717) is 22.0 Å². The Hall–Kier alpha value is -2.84. The fourth-order valence-corrected chi connectivity index (χ4v) is 3.18. The van der Waals surface area contributed by atoms with Crippen molar-refractivity contribution in [3.8, 4) is 16.3 Å². The normalized spacial score (nSPS) is 10.7. The minimum Gasteiger partial charge on any atom is -0.491 e. The Morgan fingerprint density at radius 1 is 1.22 bits per heavy atom. The molecule has 0 atom stereocenters. The van der Waals surface area contributed by atoms with Gasteiger partial charge in [-0.25, -0.2) is 13.8 Å². The minimum absolute atomic E-state index is 0.0813. The van der Waals surface area contributed by atoms with E-state index in [1.165, 1.54) is 17.4 Å². The van der Waals surface area contributed by atoms with Gasteiger partial charge in [-0.3, -0.25) is 4.79 Å². The molecule has 3 rings (SSSR count). The fraction of sp³-hybridized carbons (Fsp3) is 0.158. The number of nitrogens with zero attached hydrogens (tertiary/aromatic N) is 1. The van der Waals surface area contributed by atoms with Crippen molar-refractivity contribution >= 4 is 22.9 Å². The molecule has 0 saturated heterocycles. The summed E-state index contributed by atoms with van der Waals surface area (Å²) in [6, 6.07) is 8.61. The molecule has 0 aliphatic rings. The van der Waals surface area contributed by atoms with E-state index in [-0.39, 0.29) is 18.9 Å². The van der Waals surface area contributed by atoms with Crippen LogP contribution >= 0.6 is 11.3 Å². The predicted molar refractivity (Wildman–Crippen MR) is 99.2 cm³/mol. The van der Waals surface area contributed by atoms with Crippen LogP contribution in [0.3, 0.4) is 0 Å². The summed E-state index contributed by atoms with van der Waals surface area (Å²) >= 11 is 1.17. The highest BCUT2D eigenvalue weighted by Crippen LogP contribution is 2.26. The van der Waals surface area contributed by atoms with Crippen molar-refractivity contribution < 1.29 is 23.4 Å². The Morgan fingerprint density at radius 3 is 2.74 bits per heavy atom. The van der Waals surface area contributed by atoms with E-state index in [4.69, 9.17) is 9.84 Å². The van der Waals surface area contributed by atoms with Gasteiger partial charge in [0.15, 0.2) is 11.6 Å². The Morgan fingerprint density at radius 2 is 2.04 bits per heavy atom. The van der Waals surface area contributed by atoms with Gasteiger partial charge in [-0.2, -0.15) is 0 Å². The number of aromatic nitrogens is 1. The third-order valence-corrected chi connectivity index (χ3v) is 4.58. The number of rotatable bonds is 6. The van der Waals surface area contributed by atoms with Gasteiger partial charge in [0.05, 0.1) is 6.61 Å². The minimum atomic E-state index is -0.965. The first-order valence-corrected chi connectivity index (χ1v) is 8.92. The number of carbonyl (C=O) groups is 1. The third-order valence-electron chi connectivity index (χ3n) is 3.69. The first-order valence-electron chi connectivity index (χ1n) is 8.04. The average Bonchev–Trinajstić information content (AvgIpc) is 3.14. The summed E-state index contributed by atoms with van der Waals surface area (Å²) in [5, 5.41) is 13.5. The van der Waals surface area contributed by atoms with Crippen LogP contribution < -0.4 is 10.1 Å². The number of thiazole rings is 1. The van der Waals surface area contributed by atoms with E-state index in [9.17, 15) is 13.6 Å². The molecule has 3 aromatic rings. The highest BCUT2D eigenvalue weighted by Gasteiger charge is 2.14. The van der Waals surface area contributed by atoms with Crippen molar-refractivity contribution in [3.63, 3.8) is 0 Å². The van der Waals surface area contributed by atoms with Gasteiger partial charge in [0, 0.05) is 16.6 Å². The maximum Gasteiger partial charge on any atom is 0.275 e. The van der Waals surface area contributed by atoms with E-state index < -0.39 is 17.5 Å². The molecule has 140 valence electrons. The number of aliphatic hydroxyl groups is 1. The number of ether oxygens (including phenoxy) is 1. The lowest BCUT2D eigenvalue weighted by molar-refractivity contribution is 0.102. The summed E-state index contributed by atoms with van der Waals surface area (Å²) in [6.07, 6.45) is 0. The largest absolute Gasteiger partial charge is 0.491 e. The van der Waals surface area contributed by atoms with Crippen LogP contribution in [0.2, 0.25) is 0 Å². The third kappa shape index (κ3) is 4.47. The quantitative estimate of drug-likeness (QED) is 0.667. The first kappa shape index (κ1) is 18.9. The van der Waals surface area contributed by atoms with E-state index in [1.54, 1.807) is 23.6 Å². The molecule has 0 bridgehead atoms. The number of hydrogen-bond donors (Lipinski definition) is 2. The van der Waals surface area contributed by atoms with Crippen molar-refractivity contribution in [2.75, 3.05) is 18.5 Å². The molecule has 1 aromatic heterocycles. The zero-order valence-corrected chi connectivity index (χ0v) is 15.1. The van der Waals surface area contributed by atoms with Gasteiger partial charge in [0.1, 0.15) is 23.1 Å². The van der Waals surface area contributed by atoms with Crippen LogP contribution in [0.1, 0.15) is 16.1 Å². The van der Waals surface area contributed by atoms with Crippen molar-refractivity contribution in [2.45, 2.75) is 6.92 Å². The first-order chi connectivity index (χ1) is 13.0. The molecule has 0 aliphatic heterocycles. The van der Waals surface area contributed by atoms with Gasteiger partial charge in [-0.15, -0.1) is 11.3 Å². The Bertz CT molecular complexity index is 975. The maximum atomic E-state index is 13.4. The molecule has 0 aliphatic carbocycles. The van der Waals surface area contributed by atoms with Crippen LogP contribution in [0.15, 0.2) is 41.8 Å². The Balaban J connectivity index is 1.72. The number of carbonyl (C=O) groups excluding carboxylic acids is 1. The van der Waals surface area contributed by atoms with Crippen molar-refractivity contribution in [3.05, 3.63) is 64.7 Å². The van der Waals surface area contributed by atoms with Crippen molar-refractivity contribution in [1.82, 2.24) is 4.98 Å². The van der Waals surface area contributed by atoms with Gasteiger partial charge in [0.25, 0.3) is 5.91 Å². The number of benzene rings is 2. The van der Waals surface area contributed by atoms with Gasteiger partial charge >= 0.3 is 0 Å². The zero-order valence-electron chi connectivity index (χ0n) is 14.3. The molecule has 0 spiro atoms. The Labute approximate surface area is 158 Å². The second-order valence-electron chi connectivity index (χ2n) is 5.67. The summed E-state index contributed by atoms with van der Waals surface area (Å²) in [5.41, 5.74) is 1.95. The fourth-order valence-electron chi connectivity index (χ4n) is 2.38. The topological polar surface area (TPSA) is 71.5 Å². The van der Waals surface area contributed by atoms with Crippen molar-refractivity contribution in [1.29, 1.82) is 0 Å². The monoisotopic (exact) mass is 390 g/mol. The van der Waals surface area contributed by atoms with Gasteiger partial charge in [-0.1, -0.05) is 0 Å². The number of aryl methyl sites for hydroxylation is 1. The molecule has 8 heteroatoms. The standard InChI is InChI=1S/C19H16F2N2O3S/c1-11-8-13(3-5-17(11)26-7-6-24)22-18(25)16-10-27-19(23-16)12-2-4-14(20)15(21)9-12/h2-5,8-10,24H,6-7H2,1H3,(H,22,25). The summed E-state index contributed by atoms with van der Waals surface area (Å²) in [7, 11) is 0. The van der Waals surface area contributed by atoms with E-state index in [1.807, 2.05) is 6.92 Å². The number of halogens is 2. The molecule has 27 heavy (non-hydrogen) atoms. The summed E-state index contributed by atoms with van der Waals surface area (Å²) in [5.74, 6) is -1.69. The van der Waals surface area contributed by atoms with E-state index >= 15 is 0 Å². The number of aliphatic hydroxyl groups excluding tert-OH is 1. The second-order valence-corrected chi connectivity index (χ2v) is 6.53. The smallest absolute Gasteiger partial charge is 0.275 e. The lowest BCUT2D eigenvalue weighted by atomic mass is 10.2. The highest BCUT2D eigenvalue weighted by molar-refractivity contribution is 7.13. The number of amides is 1. The van der Waals surface area contributed by atoms with Crippen LogP contribution in [0.4, 0.5) is 14.5 Å². The van der Waals surface area contributed by atoms with Crippen LogP contribution in [-0.4, -0.2) is 29.2 Å². The molecule has 2 aromatic carbocycles. The van der Waals surface area contributed by atoms with Crippen LogP contribution in [0.25, 0.3) is 10.6 Å². The molecule has 0 unspecified atom stereocenters. The maximum absolute atomic E-state index is 13.4. The van der Waals surface area contributed by atoms with Crippen LogP contribution in [0, 0.1) is 18.6 Å². The Kier molecular flexibility index (Phi) is 5.78. The van der Waals surface area contributed by atoms with E-state index in [2.05, 4.69) is 10.3 Å². The number of anilines is 1. The molecular weight excluding hydrogens is 374 g/mol. The molecular formula is C19H16F2N2O3S. The van der Waals surface area contributed by atoms with Crippen molar-refractivity contribution in [2.24, 2.45) is 0 Å². The van der Waals surface area contributed by atoms with Gasteiger partial charge in [-0.05, 0) is 48.9 Å². The SMILES string of the molecule is Cc1cc(NC(=O)c2csc(-c3ccc(F)c(F)c3)n2)ccc1OCCO.